The van der Waals surface area contributed by atoms with Crippen LogP contribution in [-0.4, -0.2) is 14.9 Å². The van der Waals surface area contributed by atoms with E-state index in [4.69, 9.17) is 9.47 Å². The zero-order chi connectivity index (χ0) is 21.2. The van der Waals surface area contributed by atoms with Crippen LogP contribution in [0.4, 0.5) is 5.69 Å². The Labute approximate surface area is 176 Å². The largest absolute Gasteiger partial charge is 0.433 e. The molecule has 7 nitrogen and oxygen atoms in total. The van der Waals surface area contributed by atoms with E-state index in [0.717, 1.165) is 21.5 Å². The molecule has 5 rings (SSSR count). The van der Waals surface area contributed by atoms with Crippen molar-refractivity contribution in [1.82, 2.24) is 9.97 Å². The summed E-state index contributed by atoms with van der Waals surface area (Å²) >= 11 is 0. The van der Waals surface area contributed by atoms with Gasteiger partial charge in [0.15, 0.2) is 0 Å². The van der Waals surface area contributed by atoms with Crippen LogP contribution in [0.3, 0.4) is 0 Å². The van der Waals surface area contributed by atoms with Crippen molar-refractivity contribution in [2.24, 2.45) is 0 Å². The van der Waals surface area contributed by atoms with Gasteiger partial charge >= 0.3 is 17.4 Å². The predicted octanol–water partition coefficient (Wildman–Crippen LogP) is 6.28. The Morgan fingerprint density at radius 1 is 0.710 bits per heavy atom. The summed E-state index contributed by atoms with van der Waals surface area (Å²) in [5, 5.41) is 15.6. The highest BCUT2D eigenvalue weighted by Gasteiger charge is 2.27. The number of hydrogen-bond donors (Lipinski definition) is 0. The lowest BCUT2D eigenvalue weighted by Crippen LogP contribution is -2.01. The fourth-order valence-corrected chi connectivity index (χ4v) is 3.38. The molecule has 31 heavy (non-hydrogen) atoms. The quantitative estimate of drug-likeness (QED) is 0.251. The number of benzene rings is 4. The number of aromatic nitrogens is 2. The lowest BCUT2D eigenvalue weighted by molar-refractivity contribution is -0.387. The molecule has 1 heterocycles. The van der Waals surface area contributed by atoms with Gasteiger partial charge in [-0.2, -0.15) is 9.97 Å². The van der Waals surface area contributed by atoms with Gasteiger partial charge in [0.05, 0.1) is 4.92 Å². The van der Waals surface area contributed by atoms with E-state index in [9.17, 15) is 10.1 Å². The van der Waals surface area contributed by atoms with Crippen LogP contribution < -0.4 is 9.47 Å². The lowest BCUT2D eigenvalue weighted by Gasteiger charge is -2.10. The molecule has 0 aliphatic carbocycles. The summed E-state index contributed by atoms with van der Waals surface area (Å²) in [4.78, 5) is 19.2. The lowest BCUT2D eigenvalue weighted by atomic mass is 10.1. The van der Waals surface area contributed by atoms with E-state index in [1.165, 1.54) is 6.33 Å². The normalized spacial score (nSPS) is 10.8. The zero-order valence-corrected chi connectivity index (χ0v) is 16.1. The molecule has 0 unspecified atom stereocenters. The molecular weight excluding hydrogens is 394 g/mol. The topological polar surface area (TPSA) is 87.4 Å². The van der Waals surface area contributed by atoms with Gasteiger partial charge in [0.1, 0.15) is 17.8 Å². The van der Waals surface area contributed by atoms with E-state index in [-0.39, 0.29) is 11.8 Å². The van der Waals surface area contributed by atoms with E-state index in [0.29, 0.717) is 11.5 Å². The van der Waals surface area contributed by atoms with Crippen LogP contribution in [-0.2, 0) is 0 Å². The van der Waals surface area contributed by atoms with Gasteiger partial charge < -0.3 is 9.47 Å². The number of rotatable bonds is 5. The molecule has 0 spiro atoms. The molecule has 4 aromatic carbocycles. The third kappa shape index (κ3) is 3.60. The van der Waals surface area contributed by atoms with E-state index in [1.54, 1.807) is 18.2 Å². The van der Waals surface area contributed by atoms with Crippen LogP contribution in [0, 0.1) is 10.1 Å². The molecule has 7 heteroatoms. The minimum Gasteiger partial charge on any atom is -0.433 e. The van der Waals surface area contributed by atoms with Gasteiger partial charge in [0.25, 0.3) is 0 Å². The summed E-state index contributed by atoms with van der Waals surface area (Å²) in [5.41, 5.74) is -0.441. The number of ether oxygens (including phenoxy) is 2. The van der Waals surface area contributed by atoms with Gasteiger partial charge in [-0.1, -0.05) is 66.7 Å². The molecular formula is C24H15N3O4. The first-order valence-electron chi connectivity index (χ1n) is 9.51. The Kier molecular flexibility index (Phi) is 4.61. The first-order chi connectivity index (χ1) is 15.2. The number of hydrogen-bond acceptors (Lipinski definition) is 6. The second kappa shape index (κ2) is 7.72. The van der Waals surface area contributed by atoms with Crippen LogP contribution in [0.5, 0.6) is 23.3 Å². The molecule has 1 aromatic heterocycles. The van der Waals surface area contributed by atoms with Crippen LogP contribution in [0.25, 0.3) is 21.5 Å². The van der Waals surface area contributed by atoms with Gasteiger partial charge in [-0.3, -0.25) is 10.1 Å². The Bertz CT molecular complexity index is 1430. The smallest absolute Gasteiger partial charge is 0.393 e. The molecule has 0 aliphatic heterocycles. The second-order valence-corrected chi connectivity index (χ2v) is 6.78. The van der Waals surface area contributed by atoms with Gasteiger partial charge in [-0.25, -0.2) is 0 Å². The van der Waals surface area contributed by atoms with Crippen LogP contribution >= 0.6 is 0 Å². The molecule has 0 atom stereocenters. The van der Waals surface area contributed by atoms with Crippen molar-refractivity contribution in [3.8, 4) is 23.3 Å². The number of nitro groups is 1. The average Bonchev–Trinajstić information content (AvgIpc) is 2.79. The summed E-state index contributed by atoms with van der Waals surface area (Å²) in [6.45, 7) is 0. The summed E-state index contributed by atoms with van der Waals surface area (Å²) in [6, 6.07) is 26.3. The Morgan fingerprint density at radius 2 is 1.39 bits per heavy atom. The van der Waals surface area contributed by atoms with E-state index in [1.807, 2.05) is 66.7 Å². The minimum absolute atomic E-state index is 0.188. The molecule has 0 saturated heterocycles. The fourth-order valence-electron chi connectivity index (χ4n) is 3.38. The van der Waals surface area contributed by atoms with E-state index in [2.05, 4.69) is 9.97 Å². The highest BCUT2D eigenvalue weighted by Crippen LogP contribution is 2.39. The third-order valence-electron chi connectivity index (χ3n) is 4.83. The monoisotopic (exact) mass is 409 g/mol. The first-order valence-corrected chi connectivity index (χ1v) is 9.51. The molecule has 0 amide bonds. The van der Waals surface area contributed by atoms with Gasteiger partial charge in [-0.05, 0) is 34.4 Å². The van der Waals surface area contributed by atoms with Crippen molar-refractivity contribution in [2.45, 2.75) is 0 Å². The van der Waals surface area contributed by atoms with Crippen molar-refractivity contribution >= 4 is 27.2 Å². The maximum Gasteiger partial charge on any atom is 0.393 e. The summed E-state index contributed by atoms with van der Waals surface area (Å²) in [6.07, 6.45) is 1.18. The zero-order valence-electron chi connectivity index (χ0n) is 16.1. The van der Waals surface area contributed by atoms with Crippen molar-refractivity contribution in [1.29, 1.82) is 0 Å². The van der Waals surface area contributed by atoms with Crippen LogP contribution in [0.15, 0.2) is 91.3 Å². The maximum atomic E-state index is 11.9. The third-order valence-corrected chi connectivity index (χ3v) is 4.83. The molecule has 5 aromatic rings. The van der Waals surface area contributed by atoms with Crippen molar-refractivity contribution in [2.75, 3.05) is 0 Å². The number of fused-ring (bicyclic) bond motifs is 2. The van der Waals surface area contributed by atoms with Crippen molar-refractivity contribution < 1.29 is 14.4 Å². The molecule has 0 bridgehead atoms. The Morgan fingerprint density at radius 3 is 2.19 bits per heavy atom. The average molecular weight is 409 g/mol. The number of nitrogens with zero attached hydrogens (tertiary/aromatic N) is 3. The molecule has 0 saturated carbocycles. The molecule has 0 aliphatic rings. The molecule has 150 valence electrons. The van der Waals surface area contributed by atoms with Gasteiger partial charge in [0, 0.05) is 5.39 Å². The Hall–Kier alpha value is -4.52. The van der Waals surface area contributed by atoms with Crippen molar-refractivity contribution in [3.05, 3.63) is 101 Å². The van der Waals surface area contributed by atoms with E-state index >= 15 is 0 Å². The summed E-state index contributed by atoms with van der Waals surface area (Å²) < 4.78 is 11.6. The summed E-state index contributed by atoms with van der Waals surface area (Å²) in [7, 11) is 0. The Balaban J connectivity index is 1.54. The highest BCUT2D eigenvalue weighted by molar-refractivity contribution is 5.88. The molecule has 0 fully saturated rings. The summed E-state index contributed by atoms with van der Waals surface area (Å²) in [5.74, 6) is 0.505. The van der Waals surface area contributed by atoms with Crippen LogP contribution in [0.2, 0.25) is 0 Å². The second-order valence-electron chi connectivity index (χ2n) is 6.78. The van der Waals surface area contributed by atoms with Gasteiger partial charge in [0.2, 0.25) is 0 Å². The van der Waals surface area contributed by atoms with Crippen LogP contribution in [0.1, 0.15) is 0 Å². The first kappa shape index (κ1) is 18.5. The SMILES string of the molecule is O=[N+]([O-])c1c(Oc2ccc3ccccc3c2)ncnc1Oc1cccc2ccccc12. The van der Waals surface area contributed by atoms with Gasteiger partial charge in [-0.15, -0.1) is 0 Å². The molecule has 0 radical (unpaired) electrons. The predicted molar refractivity (Wildman–Crippen MR) is 117 cm³/mol. The maximum absolute atomic E-state index is 11.9. The minimum atomic E-state index is -0.600. The van der Waals surface area contributed by atoms with Crippen molar-refractivity contribution in [3.63, 3.8) is 0 Å². The highest BCUT2D eigenvalue weighted by atomic mass is 16.6. The van der Waals surface area contributed by atoms with E-state index < -0.39 is 10.6 Å². The fraction of sp³-hybridized carbons (Fsp3) is 0. The standard InChI is InChI=1S/C24H15N3O4/c28-27(29)22-23(30-19-13-12-16-6-1-2-8-18(16)14-19)25-15-26-24(22)31-21-11-5-9-17-7-3-4-10-20(17)21/h1-15H. The molecule has 0 N–H and O–H groups in total.